The average Bonchev–Trinajstić information content (AvgIpc) is 3.16. The van der Waals surface area contributed by atoms with Crippen molar-refractivity contribution in [1.82, 2.24) is 0 Å². The van der Waals surface area contributed by atoms with Crippen LogP contribution in [0.15, 0.2) is 50.7 Å². The number of nitrogens with zero attached hydrogens (tertiary/aromatic N) is 1. The molecule has 1 aromatic carbocycles. The third-order valence-electron chi connectivity index (χ3n) is 3.19. The summed E-state index contributed by atoms with van der Waals surface area (Å²) >= 11 is 15.2. The molecule has 0 atom stereocenters. The molecule has 3 nitrogen and oxygen atoms in total. The minimum absolute atomic E-state index is 0.00145. The van der Waals surface area contributed by atoms with Gasteiger partial charge in [-0.1, -0.05) is 23.2 Å². The normalized spacial score (nSPS) is 11.6. The molecule has 0 aliphatic heterocycles. The molecule has 0 aliphatic rings. The molecular weight excluding hydrogens is 393 g/mol. The first-order valence-electron chi connectivity index (χ1n) is 6.46. The maximum Gasteiger partial charge on any atom is 0.270 e. The van der Waals surface area contributed by atoms with Gasteiger partial charge in [0.2, 0.25) is 0 Å². The summed E-state index contributed by atoms with van der Waals surface area (Å²) in [5.74, 6) is 0. The van der Waals surface area contributed by atoms with Crippen molar-refractivity contribution < 1.29 is 8.42 Å². The van der Waals surface area contributed by atoms with Crippen molar-refractivity contribution in [2.75, 3.05) is 4.31 Å². The Balaban J connectivity index is 2.24. The minimum Gasteiger partial charge on any atom is -0.233 e. The van der Waals surface area contributed by atoms with Crippen LogP contribution in [0.5, 0.6) is 0 Å². The van der Waals surface area contributed by atoms with Crippen molar-refractivity contribution in [1.29, 1.82) is 0 Å². The highest BCUT2D eigenvalue weighted by Gasteiger charge is 2.30. The summed E-state index contributed by atoms with van der Waals surface area (Å²) in [6, 6.07) is 6.54. The molecule has 0 bridgehead atoms. The Hall–Kier alpha value is -1.05. The maximum absolute atomic E-state index is 13.2. The molecule has 3 rings (SSSR count). The second kappa shape index (κ2) is 6.45. The van der Waals surface area contributed by atoms with Crippen LogP contribution in [0.3, 0.4) is 0 Å². The number of anilines is 2. The number of aryl methyl sites for hydroxylation is 1. The van der Waals surface area contributed by atoms with E-state index in [0.29, 0.717) is 22.0 Å². The van der Waals surface area contributed by atoms with Crippen LogP contribution in [0.2, 0.25) is 10.0 Å². The largest absolute Gasteiger partial charge is 0.270 e. The molecule has 23 heavy (non-hydrogen) atoms. The van der Waals surface area contributed by atoms with Crippen LogP contribution in [0.4, 0.5) is 11.4 Å². The lowest BCUT2D eigenvalue weighted by molar-refractivity contribution is 0.596. The highest BCUT2D eigenvalue weighted by Crippen LogP contribution is 2.38. The summed E-state index contributed by atoms with van der Waals surface area (Å²) in [6.45, 7) is 1.73. The topological polar surface area (TPSA) is 37.4 Å². The molecular formula is C15H11Cl2NO2S3. The van der Waals surface area contributed by atoms with E-state index in [1.54, 1.807) is 35.9 Å². The zero-order valence-electron chi connectivity index (χ0n) is 11.9. The summed E-state index contributed by atoms with van der Waals surface area (Å²) in [5, 5.41) is 7.73. The number of hydrogen-bond donors (Lipinski definition) is 0. The van der Waals surface area contributed by atoms with E-state index >= 15 is 0 Å². The first-order valence-corrected chi connectivity index (χ1v) is 10.5. The Morgan fingerprint density at radius 3 is 2.04 bits per heavy atom. The first kappa shape index (κ1) is 16.8. The number of hydrogen-bond acceptors (Lipinski definition) is 4. The Morgan fingerprint density at radius 2 is 1.57 bits per heavy atom. The second-order valence-corrected chi connectivity index (χ2v) is 8.90. The molecule has 0 radical (unpaired) electrons. The zero-order valence-corrected chi connectivity index (χ0v) is 15.8. The molecule has 0 spiro atoms. The number of rotatable bonds is 4. The van der Waals surface area contributed by atoms with Crippen LogP contribution < -0.4 is 4.31 Å². The van der Waals surface area contributed by atoms with Gasteiger partial charge in [0.15, 0.2) is 0 Å². The summed E-state index contributed by atoms with van der Waals surface area (Å²) in [7, 11) is -3.89. The van der Waals surface area contributed by atoms with Gasteiger partial charge in [0.1, 0.15) is 4.90 Å². The monoisotopic (exact) mass is 403 g/mol. The molecule has 0 N–H and O–H groups in total. The molecule has 2 aromatic heterocycles. The summed E-state index contributed by atoms with van der Waals surface area (Å²) in [6.07, 6.45) is 0. The summed E-state index contributed by atoms with van der Waals surface area (Å²) < 4.78 is 27.8. The molecule has 0 fully saturated rings. The van der Waals surface area contributed by atoms with E-state index in [9.17, 15) is 8.42 Å². The van der Waals surface area contributed by atoms with Crippen LogP contribution in [0.25, 0.3) is 0 Å². The predicted molar refractivity (Wildman–Crippen MR) is 99.2 cm³/mol. The fraction of sp³-hybridized carbons (Fsp3) is 0.0667. The summed E-state index contributed by atoms with van der Waals surface area (Å²) in [5.41, 5.74) is 1.76. The van der Waals surface area contributed by atoms with Crippen LogP contribution in [0, 0.1) is 6.92 Å². The van der Waals surface area contributed by atoms with Crippen LogP contribution >= 0.6 is 45.9 Å². The lowest BCUT2D eigenvalue weighted by Crippen LogP contribution is -2.26. The zero-order chi connectivity index (χ0) is 16.6. The lowest BCUT2D eigenvalue weighted by Gasteiger charge is -2.23. The van der Waals surface area contributed by atoms with Crippen molar-refractivity contribution in [3.63, 3.8) is 0 Å². The van der Waals surface area contributed by atoms with Crippen molar-refractivity contribution >= 4 is 67.3 Å². The van der Waals surface area contributed by atoms with Gasteiger partial charge in [-0.05, 0) is 47.5 Å². The van der Waals surface area contributed by atoms with Gasteiger partial charge in [0.25, 0.3) is 10.0 Å². The highest BCUT2D eigenvalue weighted by atomic mass is 35.5. The average molecular weight is 404 g/mol. The Morgan fingerprint density at radius 1 is 1.00 bits per heavy atom. The Kier molecular flexibility index (Phi) is 4.71. The van der Waals surface area contributed by atoms with E-state index in [1.807, 2.05) is 10.8 Å². The van der Waals surface area contributed by atoms with Gasteiger partial charge in [0.05, 0.1) is 16.4 Å². The number of halogens is 2. The SMILES string of the molecule is Cc1cc(Cl)cc(S(=O)(=O)N(c2ccsc2)c2ccsc2)c1Cl. The van der Waals surface area contributed by atoms with Gasteiger partial charge in [-0.2, -0.15) is 22.7 Å². The van der Waals surface area contributed by atoms with Crippen molar-refractivity contribution in [3.8, 4) is 0 Å². The molecule has 3 aromatic rings. The Labute approximate surface area is 152 Å². The van der Waals surface area contributed by atoms with Crippen LogP contribution in [-0.4, -0.2) is 8.42 Å². The van der Waals surface area contributed by atoms with Gasteiger partial charge >= 0.3 is 0 Å². The highest BCUT2D eigenvalue weighted by molar-refractivity contribution is 7.93. The predicted octanol–water partition coefficient (Wildman–Crippen LogP) is 5.95. The maximum atomic E-state index is 13.2. The molecule has 0 amide bonds. The number of thiophene rings is 2. The van der Waals surface area contributed by atoms with Crippen molar-refractivity contribution in [2.24, 2.45) is 0 Å². The Bertz CT molecular complexity index is 886. The molecule has 8 heteroatoms. The molecule has 2 heterocycles. The molecule has 0 saturated carbocycles. The van der Waals surface area contributed by atoms with Gasteiger partial charge < -0.3 is 0 Å². The number of benzene rings is 1. The third-order valence-corrected chi connectivity index (χ3v) is 7.14. The van der Waals surface area contributed by atoms with E-state index in [1.165, 1.54) is 33.0 Å². The second-order valence-electron chi connectivity index (χ2n) is 4.77. The molecule has 0 saturated heterocycles. The minimum atomic E-state index is -3.89. The van der Waals surface area contributed by atoms with E-state index in [4.69, 9.17) is 23.2 Å². The van der Waals surface area contributed by atoms with Gasteiger partial charge in [0, 0.05) is 15.8 Å². The fourth-order valence-electron chi connectivity index (χ4n) is 2.15. The lowest BCUT2D eigenvalue weighted by atomic mass is 10.2. The smallest absolute Gasteiger partial charge is 0.233 e. The third kappa shape index (κ3) is 3.14. The van der Waals surface area contributed by atoms with Crippen molar-refractivity contribution in [2.45, 2.75) is 11.8 Å². The van der Waals surface area contributed by atoms with E-state index in [2.05, 4.69) is 0 Å². The standard InChI is InChI=1S/C15H11Cl2NO2S3/c1-10-6-11(16)7-14(15(10)17)23(19,20)18(12-2-4-21-8-12)13-3-5-22-9-13/h2-9H,1H3. The number of sulfonamides is 1. The summed E-state index contributed by atoms with van der Waals surface area (Å²) in [4.78, 5) is 0.00145. The molecule has 120 valence electrons. The van der Waals surface area contributed by atoms with Gasteiger partial charge in [-0.3, -0.25) is 0 Å². The van der Waals surface area contributed by atoms with E-state index in [0.717, 1.165) is 0 Å². The molecule has 0 aliphatic carbocycles. The van der Waals surface area contributed by atoms with Gasteiger partial charge in [-0.25, -0.2) is 12.7 Å². The fourth-order valence-corrected chi connectivity index (χ4v) is 5.91. The van der Waals surface area contributed by atoms with Gasteiger partial charge in [-0.15, -0.1) is 0 Å². The quantitative estimate of drug-likeness (QED) is 0.539. The van der Waals surface area contributed by atoms with E-state index < -0.39 is 10.0 Å². The van der Waals surface area contributed by atoms with Crippen LogP contribution in [-0.2, 0) is 10.0 Å². The first-order chi connectivity index (χ1) is 10.9. The van der Waals surface area contributed by atoms with Crippen LogP contribution in [0.1, 0.15) is 5.56 Å². The molecule has 0 unspecified atom stereocenters. The van der Waals surface area contributed by atoms with E-state index in [-0.39, 0.29) is 9.92 Å². The van der Waals surface area contributed by atoms with Crippen molar-refractivity contribution in [3.05, 3.63) is 61.4 Å².